The minimum absolute atomic E-state index is 0.0278. The third-order valence-corrected chi connectivity index (χ3v) is 4.27. The molecule has 5 nitrogen and oxygen atoms in total. The van der Waals surface area contributed by atoms with Gasteiger partial charge in [-0.15, -0.1) is 0 Å². The van der Waals surface area contributed by atoms with E-state index in [1.165, 1.54) is 20.0 Å². The number of hydrogen-bond donors (Lipinski definition) is 0. The Morgan fingerprint density at radius 3 is 2.50 bits per heavy atom. The minimum atomic E-state index is -0.325. The summed E-state index contributed by atoms with van der Waals surface area (Å²) in [7, 11) is 2.96. The fourth-order valence-electron chi connectivity index (χ4n) is 2.93. The summed E-state index contributed by atoms with van der Waals surface area (Å²) < 4.78 is 11.0. The molecule has 5 heteroatoms. The van der Waals surface area contributed by atoms with E-state index in [0.29, 0.717) is 11.5 Å². The van der Waals surface area contributed by atoms with Crippen LogP contribution >= 0.6 is 0 Å². The SMILES string of the molecule is CO/N=C1\C[C@@H](C2CC2)O[C@@H](c2ccc(C(=O)OC)cc2)C1. The second kappa shape index (κ2) is 6.48. The van der Waals surface area contributed by atoms with Gasteiger partial charge in [0.1, 0.15) is 7.11 Å². The molecule has 1 saturated carbocycles. The molecule has 1 saturated heterocycles. The van der Waals surface area contributed by atoms with Crippen LogP contribution in [0.5, 0.6) is 0 Å². The zero-order valence-electron chi connectivity index (χ0n) is 13.0. The van der Waals surface area contributed by atoms with Crippen molar-refractivity contribution < 1.29 is 19.1 Å². The predicted octanol–water partition coefficient (Wildman–Crippen LogP) is 3.11. The van der Waals surface area contributed by atoms with E-state index < -0.39 is 0 Å². The Bertz CT molecular complexity index is 563. The molecule has 2 atom stereocenters. The molecule has 22 heavy (non-hydrogen) atoms. The fraction of sp³-hybridized carbons (Fsp3) is 0.529. The van der Waals surface area contributed by atoms with Gasteiger partial charge in [0.15, 0.2) is 0 Å². The smallest absolute Gasteiger partial charge is 0.337 e. The van der Waals surface area contributed by atoms with Gasteiger partial charge in [-0.1, -0.05) is 17.3 Å². The Kier molecular flexibility index (Phi) is 4.43. The van der Waals surface area contributed by atoms with E-state index in [1.807, 2.05) is 12.1 Å². The van der Waals surface area contributed by atoms with E-state index in [1.54, 1.807) is 19.2 Å². The van der Waals surface area contributed by atoms with Gasteiger partial charge in [-0.2, -0.15) is 0 Å². The third kappa shape index (κ3) is 3.30. The maximum absolute atomic E-state index is 11.5. The Labute approximate surface area is 130 Å². The Morgan fingerprint density at radius 1 is 1.18 bits per heavy atom. The summed E-state index contributed by atoms with van der Waals surface area (Å²) in [6.07, 6.45) is 4.26. The zero-order valence-corrected chi connectivity index (χ0v) is 13.0. The molecule has 0 radical (unpaired) electrons. The van der Waals surface area contributed by atoms with E-state index >= 15 is 0 Å². The number of esters is 1. The summed E-state index contributed by atoms with van der Waals surface area (Å²) in [5.74, 6) is 0.327. The van der Waals surface area contributed by atoms with Crippen molar-refractivity contribution in [3.63, 3.8) is 0 Å². The van der Waals surface area contributed by atoms with Gasteiger partial charge in [-0.05, 0) is 36.5 Å². The largest absolute Gasteiger partial charge is 0.465 e. The summed E-state index contributed by atoms with van der Waals surface area (Å²) in [5, 5.41) is 4.14. The van der Waals surface area contributed by atoms with Crippen LogP contribution in [0, 0.1) is 5.92 Å². The summed E-state index contributed by atoms with van der Waals surface area (Å²) in [6, 6.07) is 7.41. The Hall–Kier alpha value is -1.88. The van der Waals surface area contributed by atoms with Crippen molar-refractivity contribution in [2.24, 2.45) is 11.1 Å². The van der Waals surface area contributed by atoms with Crippen LogP contribution in [0.15, 0.2) is 29.4 Å². The maximum Gasteiger partial charge on any atom is 0.337 e. The molecule has 0 spiro atoms. The van der Waals surface area contributed by atoms with E-state index in [2.05, 4.69) is 5.16 Å². The highest BCUT2D eigenvalue weighted by Gasteiger charge is 2.38. The monoisotopic (exact) mass is 303 g/mol. The lowest BCUT2D eigenvalue weighted by Gasteiger charge is -2.31. The summed E-state index contributed by atoms with van der Waals surface area (Å²) in [4.78, 5) is 16.4. The van der Waals surface area contributed by atoms with Gasteiger partial charge in [0.25, 0.3) is 0 Å². The van der Waals surface area contributed by atoms with Crippen molar-refractivity contribution in [1.82, 2.24) is 0 Å². The van der Waals surface area contributed by atoms with Crippen molar-refractivity contribution >= 4 is 11.7 Å². The van der Waals surface area contributed by atoms with E-state index in [-0.39, 0.29) is 18.2 Å². The van der Waals surface area contributed by atoms with Crippen molar-refractivity contribution in [2.45, 2.75) is 37.9 Å². The molecule has 1 heterocycles. The van der Waals surface area contributed by atoms with Crippen molar-refractivity contribution in [1.29, 1.82) is 0 Å². The zero-order chi connectivity index (χ0) is 15.5. The third-order valence-electron chi connectivity index (χ3n) is 4.27. The molecule has 2 aliphatic rings. The van der Waals surface area contributed by atoms with Crippen LogP contribution in [0.3, 0.4) is 0 Å². The lowest BCUT2D eigenvalue weighted by molar-refractivity contribution is -0.0317. The molecule has 1 aromatic carbocycles. The molecule has 118 valence electrons. The van der Waals surface area contributed by atoms with Gasteiger partial charge in [-0.25, -0.2) is 4.79 Å². The van der Waals surface area contributed by atoms with Crippen LogP contribution in [0.25, 0.3) is 0 Å². The van der Waals surface area contributed by atoms with Crippen molar-refractivity contribution in [2.75, 3.05) is 14.2 Å². The number of carbonyl (C=O) groups is 1. The normalized spacial score (nSPS) is 26.7. The van der Waals surface area contributed by atoms with Crippen LogP contribution in [0.4, 0.5) is 0 Å². The quantitative estimate of drug-likeness (QED) is 0.633. The van der Waals surface area contributed by atoms with Crippen molar-refractivity contribution in [3.8, 4) is 0 Å². The number of benzene rings is 1. The fourth-order valence-corrected chi connectivity index (χ4v) is 2.93. The average molecular weight is 303 g/mol. The van der Waals surface area contributed by atoms with E-state index in [9.17, 15) is 4.79 Å². The number of methoxy groups -OCH3 is 1. The van der Waals surface area contributed by atoms with Gasteiger partial charge in [0, 0.05) is 12.8 Å². The van der Waals surface area contributed by atoms with Crippen molar-refractivity contribution in [3.05, 3.63) is 35.4 Å². The van der Waals surface area contributed by atoms with Gasteiger partial charge in [0.2, 0.25) is 0 Å². The number of nitrogens with zero attached hydrogens (tertiary/aromatic N) is 1. The lowest BCUT2D eigenvalue weighted by Crippen LogP contribution is -2.30. The average Bonchev–Trinajstić information content (AvgIpc) is 3.39. The molecule has 1 aliphatic carbocycles. The molecule has 0 N–H and O–H groups in total. The number of rotatable bonds is 4. The van der Waals surface area contributed by atoms with E-state index in [0.717, 1.165) is 24.1 Å². The topological polar surface area (TPSA) is 57.1 Å². The summed E-state index contributed by atoms with van der Waals surface area (Å²) >= 11 is 0. The van der Waals surface area contributed by atoms with Gasteiger partial charge in [0.05, 0.1) is 30.6 Å². The molecule has 1 aromatic rings. The molecule has 1 aliphatic heterocycles. The maximum atomic E-state index is 11.5. The molecule has 0 unspecified atom stereocenters. The van der Waals surface area contributed by atoms with Crippen LogP contribution in [-0.2, 0) is 14.3 Å². The molecular formula is C17H21NO4. The summed E-state index contributed by atoms with van der Waals surface area (Å²) in [5.41, 5.74) is 2.65. The van der Waals surface area contributed by atoms with Crippen LogP contribution in [0.1, 0.15) is 47.7 Å². The summed E-state index contributed by atoms with van der Waals surface area (Å²) in [6.45, 7) is 0. The lowest BCUT2D eigenvalue weighted by atomic mass is 9.94. The molecular weight excluding hydrogens is 282 g/mol. The number of oxime groups is 1. The van der Waals surface area contributed by atoms with E-state index in [4.69, 9.17) is 14.3 Å². The van der Waals surface area contributed by atoms with Crippen LogP contribution < -0.4 is 0 Å². The Balaban J connectivity index is 1.76. The molecule has 2 fully saturated rings. The predicted molar refractivity (Wildman–Crippen MR) is 81.8 cm³/mol. The minimum Gasteiger partial charge on any atom is -0.465 e. The number of carbonyl (C=O) groups excluding carboxylic acids is 1. The Morgan fingerprint density at radius 2 is 1.91 bits per heavy atom. The van der Waals surface area contributed by atoms with Gasteiger partial charge >= 0.3 is 5.97 Å². The molecule has 0 aromatic heterocycles. The highest BCUT2D eigenvalue weighted by atomic mass is 16.6. The van der Waals surface area contributed by atoms with Gasteiger partial charge in [-0.3, -0.25) is 0 Å². The molecule has 0 bridgehead atoms. The van der Waals surface area contributed by atoms with Crippen LogP contribution in [-0.4, -0.2) is 32.0 Å². The first-order valence-corrected chi connectivity index (χ1v) is 7.64. The molecule has 0 amide bonds. The highest BCUT2D eigenvalue weighted by Crippen LogP contribution is 2.42. The molecule has 3 rings (SSSR count). The first-order chi connectivity index (χ1) is 10.7. The second-order valence-corrected chi connectivity index (χ2v) is 5.86. The highest BCUT2D eigenvalue weighted by molar-refractivity contribution is 5.89. The number of hydrogen-bond acceptors (Lipinski definition) is 5. The first kappa shape index (κ1) is 15.0. The van der Waals surface area contributed by atoms with Crippen LogP contribution in [0.2, 0.25) is 0 Å². The standard InChI is InChI=1S/C17H21NO4/c1-20-17(19)13-7-5-12(6-8-13)16-10-14(18-21-2)9-15(22-16)11-3-4-11/h5-8,11,15-16H,3-4,9-10H2,1-2H3/b18-14+/t15-,16+/m0/s1. The first-order valence-electron chi connectivity index (χ1n) is 7.64. The number of ether oxygens (including phenoxy) is 2. The van der Waals surface area contributed by atoms with Gasteiger partial charge < -0.3 is 14.3 Å². The second-order valence-electron chi connectivity index (χ2n) is 5.86.